The maximum Gasteiger partial charge on any atom is 0.127 e. The van der Waals surface area contributed by atoms with E-state index in [0.29, 0.717) is 0 Å². The molecule has 0 unspecified atom stereocenters. The maximum atomic E-state index is 13.2. The van der Waals surface area contributed by atoms with Crippen molar-refractivity contribution in [3.05, 3.63) is 54.3 Å². The van der Waals surface area contributed by atoms with Crippen LogP contribution in [-0.2, 0) is 0 Å². The Morgan fingerprint density at radius 1 is 1.04 bits per heavy atom. The summed E-state index contributed by atoms with van der Waals surface area (Å²) in [7, 11) is 0. The molecule has 1 saturated carbocycles. The SMILES string of the molecule is N#CC1(CSc2nnc(-c3ccc(F)cc3)c3ccccc23)CC1. The Bertz CT molecular complexity index is 943. The van der Waals surface area contributed by atoms with Gasteiger partial charge in [-0.15, -0.1) is 22.0 Å². The fourth-order valence-corrected chi connectivity index (χ4v) is 3.85. The van der Waals surface area contributed by atoms with Gasteiger partial charge >= 0.3 is 0 Å². The van der Waals surface area contributed by atoms with Crippen LogP contribution in [0.3, 0.4) is 0 Å². The zero-order chi connectivity index (χ0) is 16.6. The predicted molar refractivity (Wildman–Crippen MR) is 92.9 cm³/mol. The number of hydrogen-bond donors (Lipinski definition) is 0. The lowest BCUT2D eigenvalue weighted by Gasteiger charge is -2.10. The Morgan fingerprint density at radius 3 is 2.42 bits per heavy atom. The lowest BCUT2D eigenvalue weighted by molar-refractivity contribution is 0.628. The van der Waals surface area contributed by atoms with Gasteiger partial charge in [0, 0.05) is 22.1 Å². The van der Waals surface area contributed by atoms with Crippen LogP contribution in [0.1, 0.15) is 12.8 Å². The first-order valence-corrected chi connectivity index (χ1v) is 8.75. The van der Waals surface area contributed by atoms with E-state index < -0.39 is 0 Å². The highest BCUT2D eigenvalue weighted by Gasteiger charge is 2.43. The summed E-state index contributed by atoms with van der Waals surface area (Å²) in [5.41, 5.74) is 1.41. The van der Waals surface area contributed by atoms with Gasteiger partial charge in [0.15, 0.2) is 0 Å². The van der Waals surface area contributed by atoms with Crippen LogP contribution in [0, 0.1) is 22.6 Å². The van der Waals surface area contributed by atoms with Crippen molar-refractivity contribution in [1.82, 2.24) is 10.2 Å². The minimum absolute atomic E-state index is 0.178. The topological polar surface area (TPSA) is 49.6 Å². The summed E-state index contributed by atoms with van der Waals surface area (Å²) in [6.07, 6.45) is 1.94. The van der Waals surface area contributed by atoms with E-state index in [4.69, 9.17) is 0 Å². The molecule has 0 atom stereocenters. The van der Waals surface area contributed by atoms with Gasteiger partial charge in [-0.25, -0.2) is 4.39 Å². The molecule has 0 amide bonds. The van der Waals surface area contributed by atoms with Crippen molar-refractivity contribution in [1.29, 1.82) is 5.26 Å². The highest BCUT2D eigenvalue weighted by atomic mass is 32.2. The molecule has 1 aliphatic carbocycles. The molecule has 0 saturated heterocycles. The van der Waals surface area contributed by atoms with E-state index >= 15 is 0 Å². The predicted octanol–water partition coefficient (Wildman–Crippen LogP) is 4.83. The van der Waals surface area contributed by atoms with Gasteiger partial charge < -0.3 is 0 Å². The van der Waals surface area contributed by atoms with E-state index in [1.807, 2.05) is 24.3 Å². The summed E-state index contributed by atoms with van der Waals surface area (Å²) in [6, 6.07) is 16.7. The van der Waals surface area contributed by atoms with Crippen molar-refractivity contribution in [3.8, 4) is 17.3 Å². The Labute approximate surface area is 143 Å². The van der Waals surface area contributed by atoms with Gasteiger partial charge in [-0.3, -0.25) is 0 Å². The normalized spacial score (nSPS) is 15.2. The third-order valence-corrected chi connectivity index (χ3v) is 5.62. The number of aromatic nitrogens is 2. The summed E-state index contributed by atoms with van der Waals surface area (Å²) in [5, 5.41) is 20.8. The van der Waals surface area contributed by atoms with Crippen LogP contribution in [-0.4, -0.2) is 16.0 Å². The molecular formula is C19H14FN3S. The van der Waals surface area contributed by atoms with Crippen LogP contribution >= 0.6 is 11.8 Å². The molecule has 0 spiro atoms. The number of rotatable bonds is 4. The first kappa shape index (κ1) is 15.1. The molecule has 1 aliphatic rings. The Hall–Kier alpha value is -2.45. The van der Waals surface area contributed by atoms with Crippen molar-refractivity contribution in [3.63, 3.8) is 0 Å². The number of fused-ring (bicyclic) bond motifs is 1. The molecule has 0 N–H and O–H groups in total. The first-order chi connectivity index (χ1) is 11.7. The standard InChI is InChI=1S/C19H14FN3S/c20-14-7-5-13(6-8-14)17-15-3-1-2-4-16(15)18(23-22-17)24-12-19(11-21)9-10-19/h1-8H,9-10,12H2. The maximum absolute atomic E-state index is 13.2. The zero-order valence-corrected chi connectivity index (χ0v) is 13.7. The van der Waals surface area contributed by atoms with Gasteiger partial charge in [-0.1, -0.05) is 24.3 Å². The molecule has 5 heteroatoms. The third kappa shape index (κ3) is 2.74. The molecule has 24 heavy (non-hydrogen) atoms. The van der Waals surface area contributed by atoms with E-state index in [1.54, 1.807) is 23.9 Å². The third-order valence-electron chi connectivity index (χ3n) is 4.35. The highest BCUT2D eigenvalue weighted by molar-refractivity contribution is 7.99. The summed E-state index contributed by atoms with van der Waals surface area (Å²) in [5.74, 6) is 0.479. The van der Waals surface area contributed by atoms with E-state index in [9.17, 15) is 9.65 Å². The number of halogens is 1. The molecule has 1 fully saturated rings. The largest absolute Gasteiger partial charge is 0.207 e. The average Bonchev–Trinajstić information content (AvgIpc) is 3.41. The minimum Gasteiger partial charge on any atom is -0.207 e. The molecule has 2 aromatic carbocycles. The second-order valence-corrected chi connectivity index (χ2v) is 7.05. The second kappa shape index (κ2) is 5.88. The van der Waals surface area contributed by atoms with Crippen LogP contribution in [0.2, 0.25) is 0 Å². The van der Waals surface area contributed by atoms with Crippen LogP contribution in [0.5, 0.6) is 0 Å². The number of benzene rings is 2. The average molecular weight is 335 g/mol. The number of nitriles is 1. The molecule has 118 valence electrons. The van der Waals surface area contributed by atoms with Crippen molar-refractivity contribution in [2.75, 3.05) is 5.75 Å². The monoisotopic (exact) mass is 335 g/mol. The van der Waals surface area contributed by atoms with Crippen LogP contribution in [0.15, 0.2) is 53.6 Å². The number of nitrogens with zero attached hydrogens (tertiary/aromatic N) is 3. The summed E-state index contributed by atoms with van der Waals surface area (Å²) >= 11 is 1.59. The quantitative estimate of drug-likeness (QED) is 0.641. The molecule has 0 radical (unpaired) electrons. The molecule has 0 bridgehead atoms. The second-order valence-electron chi connectivity index (χ2n) is 6.09. The van der Waals surface area contributed by atoms with Crippen molar-refractivity contribution in [2.24, 2.45) is 5.41 Å². The van der Waals surface area contributed by atoms with Crippen molar-refractivity contribution < 1.29 is 4.39 Å². The molecule has 1 heterocycles. The van der Waals surface area contributed by atoms with Gasteiger partial charge in [0.1, 0.15) is 16.5 Å². The fraction of sp³-hybridized carbons (Fsp3) is 0.211. The molecule has 0 aliphatic heterocycles. The Kier molecular flexibility index (Phi) is 3.70. The highest BCUT2D eigenvalue weighted by Crippen LogP contribution is 2.48. The first-order valence-electron chi connectivity index (χ1n) is 7.76. The van der Waals surface area contributed by atoms with Gasteiger partial charge in [0.05, 0.1) is 11.5 Å². The van der Waals surface area contributed by atoms with Crippen LogP contribution < -0.4 is 0 Å². The van der Waals surface area contributed by atoms with Crippen LogP contribution in [0.25, 0.3) is 22.0 Å². The molecule has 3 nitrogen and oxygen atoms in total. The smallest absolute Gasteiger partial charge is 0.127 e. The van der Waals surface area contributed by atoms with E-state index in [0.717, 1.165) is 45.7 Å². The minimum atomic E-state index is -0.269. The summed E-state index contributed by atoms with van der Waals surface area (Å²) in [4.78, 5) is 0. The van der Waals surface area contributed by atoms with Crippen LogP contribution in [0.4, 0.5) is 4.39 Å². The molecule has 3 aromatic rings. The zero-order valence-electron chi connectivity index (χ0n) is 12.9. The van der Waals surface area contributed by atoms with E-state index in [-0.39, 0.29) is 11.2 Å². The Balaban J connectivity index is 1.74. The lowest BCUT2D eigenvalue weighted by Crippen LogP contribution is -2.01. The summed E-state index contributed by atoms with van der Waals surface area (Å²) < 4.78 is 13.2. The molecule has 4 rings (SSSR count). The number of thioether (sulfide) groups is 1. The van der Waals surface area contributed by atoms with E-state index in [1.165, 1.54) is 12.1 Å². The van der Waals surface area contributed by atoms with Gasteiger partial charge in [0.2, 0.25) is 0 Å². The van der Waals surface area contributed by atoms with E-state index in [2.05, 4.69) is 16.3 Å². The Morgan fingerprint density at radius 2 is 1.75 bits per heavy atom. The summed E-state index contributed by atoms with van der Waals surface area (Å²) in [6.45, 7) is 0. The van der Waals surface area contributed by atoms with Crippen molar-refractivity contribution in [2.45, 2.75) is 17.9 Å². The van der Waals surface area contributed by atoms with Gasteiger partial charge in [-0.05, 0) is 37.1 Å². The van der Waals surface area contributed by atoms with Crippen molar-refractivity contribution >= 4 is 22.5 Å². The van der Waals surface area contributed by atoms with Gasteiger partial charge in [0.25, 0.3) is 0 Å². The number of hydrogen-bond acceptors (Lipinski definition) is 4. The molecular weight excluding hydrogens is 321 g/mol. The van der Waals surface area contributed by atoms with Gasteiger partial charge in [-0.2, -0.15) is 5.26 Å². The lowest BCUT2D eigenvalue weighted by atomic mass is 10.1. The molecule has 1 aromatic heterocycles. The fourth-order valence-electron chi connectivity index (χ4n) is 2.65.